The Balaban J connectivity index is 1.68. The first-order chi connectivity index (χ1) is 11.6. The van der Waals surface area contributed by atoms with Crippen LogP contribution in [0.15, 0.2) is 18.2 Å². The van der Waals surface area contributed by atoms with Crippen LogP contribution in [0.2, 0.25) is 0 Å². The maximum atomic E-state index is 13.5. The fraction of sp³-hybridized carbons (Fsp3) is 0.632. The van der Waals surface area contributed by atoms with Gasteiger partial charge in [-0.25, -0.2) is 4.39 Å². The summed E-state index contributed by atoms with van der Waals surface area (Å²) in [7, 11) is 0. The van der Waals surface area contributed by atoms with E-state index in [1.54, 1.807) is 13.0 Å². The van der Waals surface area contributed by atoms with E-state index in [0.29, 0.717) is 12.1 Å². The van der Waals surface area contributed by atoms with Crippen molar-refractivity contribution >= 4 is 5.91 Å². The number of aliphatic hydroxyl groups excluding tert-OH is 1. The van der Waals surface area contributed by atoms with Crippen molar-refractivity contribution in [3.8, 4) is 0 Å². The van der Waals surface area contributed by atoms with Crippen molar-refractivity contribution < 1.29 is 14.3 Å². The van der Waals surface area contributed by atoms with Gasteiger partial charge >= 0.3 is 0 Å². The molecule has 2 rings (SSSR count). The van der Waals surface area contributed by atoms with E-state index in [-0.39, 0.29) is 24.2 Å². The average Bonchev–Trinajstić information content (AvgIpc) is 2.60. The second-order valence-corrected chi connectivity index (χ2v) is 6.70. The molecule has 0 aliphatic carbocycles. The van der Waals surface area contributed by atoms with E-state index in [4.69, 9.17) is 5.11 Å². The number of rotatable bonds is 8. The van der Waals surface area contributed by atoms with Gasteiger partial charge in [0.25, 0.3) is 0 Å². The zero-order valence-corrected chi connectivity index (χ0v) is 14.6. The number of nitrogens with zero attached hydrogens (tertiary/aromatic N) is 1. The van der Waals surface area contributed by atoms with Crippen molar-refractivity contribution in [3.05, 3.63) is 35.1 Å². The zero-order valence-electron chi connectivity index (χ0n) is 14.6. The number of piperidine rings is 1. The molecule has 1 aliphatic rings. The van der Waals surface area contributed by atoms with Gasteiger partial charge in [-0.2, -0.15) is 0 Å². The molecule has 2 N–H and O–H groups in total. The van der Waals surface area contributed by atoms with Gasteiger partial charge < -0.3 is 15.3 Å². The lowest BCUT2D eigenvalue weighted by atomic mass is 9.95. The summed E-state index contributed by atoms with van der Waals surface area (Å²) >= 11 is 0. The number of aryl methyl sites for hydroxylation is 1. The number of halogens is 1. The number of amides is 1. The maximum absolute atomic E-state index is 13.5. The molecule has 0 radical (unpaired) electrons. The Labute approximate surface area is 144 Å². The average molecular weight is 336 g/mol. The number of carbonyl (C=O) groups is 1. The highest BCUT2D eigenvalue weighted by Gasteiger charge is 2.24. The normalized spacial score (nSPS) is 16.3. The van der Waals surface area contributed by atoms with E-state index in [9.17, 15) is 9.18 Å². The monoisotopic (exact) mass is 336 g/mol. The summed E-state index contributed by atoms with van der Waals surface area (Å²) in [5.74, 6) is -0.0823. The summed E-state index contributed by atoms with van der Waals surface area (Å²) in [4.78, 5) is 14.7. The predicted octanol–water partition coefficient (Wildman–Crippen LogP) is 2.62. The number of nitrogens with one attached hydrogen (secondary N) is 1. The highest BCUT2D eigenvalue weighted by atomic mass is 19.1. The van der Waals surface area contributed by atoms with E-state index < -0.39 is 0 Å². The molecule has 24 heavy (non-hydrogen) atoms. The highest BCUT2D eigenvalue weighted by molar-refractivity contribution is 5.78. The lowest BCUT2D eigenvalue weighted by molar-refractivity contribution is -0.126. The first-order valence-corrected chi connectivity index (χ1v) is 8.96. The van der Waals surface area contributed by atoms with Gasteiger partial charge in [0.2, 0.25) is 5.91 Å². The summed E-state index contributed by atoms with van der Waals surface area (Å²) in [6.45, 7) is 5.35. The molecule has 0 unspecified atom stereocenters. The van der Waals surface area contributed by atoms with Gasteiger partial charge in [0.05, 0.1) is 0 Å². The summed E-state index contributed by atoms with van der Waals surface area (Å²) in [6.07, 6.45) is 4.81. The summed E-state index contributed by atoms with van der Waals surface area (Å²) in [5, 5.41) is 11.7. The molecule has 0 spiro atoms. The van der Waals surface area contributed by atoms with Crippen LogP contribution in [-0.4, -0.2) is 42.2 Å². The van der Waals surface area contributed by atoms with Crippen molar-refractivity contribution in [2.24, 2.45) is 5.92 Å². The molecular formula is C19H29FN2O2. The van der Waals surface area contributed by atoms with Crippen LogP contribution in [0.1, 0.15) is 43.2 Å². The molecular weight excluding hydrogens is 307 g/mol. The number of unbranched alkanes of at least 4 members (excludes halogenated alkanes) is 2. The van der Waals surface area contributed by atoms with Crippen molar-refractivity contribution in [1.82, 2.24) is 10.2 Å². The van der Waals surface area contributed by atoms with Crippen molar-refractivity contribution in [1.29, 1.82) is 0 Å². The molecule has 1 fully saturated rings. The van der Waals surface area contributed by atoms with E-state index in [0.717, 1.165) is 57.3 Å². The summed E-state index contributed by atoms with van der Waals surface area (Å²) in [5.41, 5.74) is 1.42. The Morgan fingerprint density at radius 3 is 2.71 bits per heavy atom. The van der Waals surface area contributed by atoms with E-state index >= 15 is 0 Å². The maximum Gasteiger partial charge on any atom is 0.223 e. The summed E-state index contributed by atoms with van der Waals surface area (Å²) < 4.78 is 13.5. The molecule has 1 aromatic rings. The van der Waals surface area contributed by atoms with Crippen molar-refractivity contribution in [2.45, 2.75) is 45.6 Å². The molecule has 0 bridgehead atoms. The zero-order chi connectivity index (χ0) is 17.4. The Hall–Kier alpha value is -1.46. The number of hydrogen-bond acceptors (Lipinski definition) is 3. The van der Waals surface area contributed by atoms with Crippen molar-refractivity contribution in [2.75, 3.05) is 26.2 Å². The first kappa shape index (κ1) is 18.9. The van der Waals surface area contributed by atoms with Gasteiger partial charge in [-0.15, -0.1) is 0 Å². The largest absolute Gasteiger partial charge is 0.396 e. The van der Waals surface area contributed by atoms with Crippen molar-refractivity contribution in [3.63, 3.8) is 0 Å². The van der Waals surface area contributed by atoms with Gasteiger partial charge in [-0.3, -0.25) is 4.79 Å². The third-order valence-electron chi connectivity index (χ3n) is 4.79. The molecule has 1 aliphatic heterocycles. The molecule has 0 saturated carbocycles. The SMILES string of the molecule is Cc1ccc(CNC(=O)C2CCN(CCCCCO)CC2)cc1F. The molecule has 5 heteroatoms. The highest BCUT2D eigenvalue weighted by Crippen LogP contribution is 2.18. The van der Waals surface area contributed by atoms with Crippen LogP contribution in [0.4, 0.5) is 4.39 Å². The summed E-state index contributed by atoms with van der Waals surface area (Å²) in [6, 6.07) is 5.09. The minimum Gasteiger partial charge on any atom is -0.396 e. The van der Waals surface area contributed by atoms with Crippen LogP contribution in [0, 0.1) is 18.7 Å². The first-order valence-electron chi connectivity index (χ1n) is 8.96. The Morgan fingerprint density at radius 2 is 2.04 bits per heavy atom. The molecule has 1 amide bonds. The number of hydrogen-bond donors (Lipinski definition) is 2. The second kappa shape index (κ2) is 9.74. The van der Waals surface area contributed by atoms with Gasteiger partial charge in [-0.1, -0.05) is 12.1 Å². The molecule has 1 saturated heterocycles. The molecule has 0 aromatic heterocycles. The predicted molar refractivity (Wildman–Crippen MR) is 93.1 cm³/mol. The number of likely N-dealkylation sites (tertiary alicyclic amines) is 1. The van der Waals surface area contributed by atoms with Crippen LogP contribution in [0.5, 0.6) is 0 Å². The van der Waals surface area contributed by atoms with Gasteiger partial charge in [-0.05, 0) is 75.9 Å². The third-order valence-corrected chi connectivity index (χ3v) is 4.79. The Kier molecular flexibility index (Phi) is 7.66. The minimum atomic E-state index is -0.226. The van der Waals surface area contributed by atoms with Crippen LogP contribution in [0.3, 0.4) is 0 Å². The Bertz CT molecular complexity index is 528. The number of aliphatic hydroxyl groups is 1. The minimum absolute atomic E-state index is 0.0639. The van der Waals surface area contributed by atoms with E-state index in [2.05, 4.69) is 10.2 Å². The topological polar surface area (TPSA) is 52.6 Å². The van der Waals surface area contributed by atoms with Crippen LogP contribution in [-0.2, 0) is 11.3 Å². The number of carbonyl (C=O) groups excluding carboxylic acids is 1. The van der Waals surface area contributed by atoms with Gasteiger partial charge in [0.15, 0.2) is 0 Å². The third kappa shape index (κ3) is 5.87. The lowest BCUT2D eigenvalue weighted by Gasteiger charge is -2.31. The molecule has 134 valence electrons. The lowest BCUT2D eigenvalue weighted by Crippen LogP contribution is -2.40. The molecule has 1 aromatic carbocycles. The van der Waals surface area contributed by atoms with Gasteiger partial charge in [0.1, 0.15) is 5.82 Å². The fourth-order valence-corrected chi connectivity index (χ4v) is 3.12. The fourth-order valence-electron chi connectivity index (χ4n) is 3.12. The number of benzene rings is 1. The van der Waals surface area contributed by atoms with E-state index in [1.165, 1.54) is 6.07 Å². The standard InChI is InChI=1S/C19H29FN2O2/c1-15-5-6-16(13-18(15)20)14-21-19(24)17-7-10-22(11-8-17)9-3-2-4-12-23/h5-6,13,17,23H,2-4,7-12,14H2,1H3,(H,21,24). The van der Waals surface area contributed by atoms with Gasteiger partial charge in [0, 0.05) is 19.1 Å². The van der Waals surface area contributed by atoms with Crippen LogP contribution < -0.4 is 5.32 Å². The second-order valence-electron chi connectivity index (χ2n) is 6.70. The molecule has 4 nitrogen and oxygen atoms in total. The Morgan fingerprint density at radius 1 is 1.29 bits per heavy atom. The molecule has 1 heterocycles. The molecule has 0 atom stereocenters. The van der Waals surface area contributed by atoms with Crippen LogP contribution in [0.25, 0.3) is 0 Å². The van der Waals surface area contributed by atoms with E-state index in [1.807, 2.05) is 6.07 Å². The van der Waals surface area contributed by atoms with Crippen LogP contribution >= 0.6 is 0 Å². The quantitative estimate of drug-likeness (QED) is 0.718. The smallest absolute Gasteiger partial charge is 0.223 e.